The Hall–Kier alpha value is -3.02. The predicted octanol–water partition coefficient (Wildman–Crippen LogP) is 3.19. The molecule has 1 heterocycles. The van der Waals surface area contributed by atoms with Crippen molar-refractivity contribution in [3.63, 3.8) is 0 Å². The van der Waals surface area contributed by atoms with Gasteiger partial charge >= 0.3 is 0 Å². The number of aliphatic imine (C=N–C) groups is 1. The Kier molecular flexibility index (Phi) is 8.33. The lowest BCUT2D eigenvalue weighted by Crippen LogP contribution is -2.37. The predicted molar refractivity (Wildman–Crippen MR) is 129 cm³/mol. The van der Waals surface area contributed by atoms with Gasteiger partial charge in [0.2, 0.25) is 0 Å². The van der Waals surface area contributed by atoms with E-state index in [1.807, 2.05) is 24.3 Å². The number of carbonyl (C=O) groups is 1. The highest BCUT2D eigenvalue weighted by Crippen LogP contribution is 2.23. The summed E-state index contributed by atoms with van der Waals surface area (Å²) >= 11 is 0. The van der Waals surface area contributed by atoms with E-state index >= 15 is 0 Å². The summed E-state index contributed by atoms with van der Waals surface area (Å²) in [7, 11) is 3.43. The highest BCUT2D eigenvalue weighted by molar-refractivity contribution is 5.94. The van der Waals surface area contributed by atoms with Gasteiger partial charge in [-0.25, -0.2) is 0 Å². The Morgan fingerprint density at radius 1 is 1.06 bits per heavy atom. The van der Waals surface area contributed by atoms with Crippen LogP contribution in [0.4, 0.5) is 5.69 Å². The summed E-state index contributed by atoms with van der Waals surface area (Å²) in [5.41, 5.74) is 4.35. The Morgan fingerprint density at radius 3 is 2.48 bits per heavy atom. The molecule has 3 N–H and O–H groups in total. The highest BCUT2D eigenvalue weighted by atomic mass is 16.1. The average molecular weight is 422 g/mol. The number of piperidine rings is 1. The fourth-order valence-electron chi connectivity index (χ4n) is 3.84. The summed E-state index contributed by atoms with van der Waals surface area (Å²) in [6.45, 7) is 6.12. The van der Waals surface area contributed by atoms with Crippen molar-refractivity contribution in [1.82, 2.24) is 16.0 Å². The van der Waals surface area contributed by atoms with E-state index in [0.29, 0.717) is 5.56 Å². The molecule has 0 bridgehead atoms. The molecule has 1 amide bonds. The second-order valence-corrected chi connectivity index (χ2v) is 8.22. The van der Waals surface area contributed by atoms with E-state index < -0.39 is 0 Å². The van der Waals surface area contributed by atoms with Crippen LogP contribution in [-0.4, -0.2) is 45.6 Å². The number of nitrogens with zero attached hydrogens (tertiary/aromatic N) is 2. The maximum atomic E-state index is 11.8. The summed E-state index contributed by atoms with van der Waals surface area (Å²) in [4.78, 5) is 18.6. The molecule has 3 rings (SSSR count). The van der Waals surface area contributed by atoms with Gasteiger partial charge in [0.1, 0.15) is 0 Å². The molecule has 1 fully saturated rings. The van der Waals surface area contributed by atoms with Crippen LogP contribution in [0.25, 0.3) is 0 Å². The number of anilines is 1. The molecule has 2 aromatic rings. The number of hydrogen-bond donors (Lipinski definition) is 3. The van der Waals surface area contributed by atoms with Gasteiger partial charge in [-0.3, -0.25) is 9.79 Å². The molecular weight excluding hydrogens is 386 g/mol. The zero-order valence-corrected chi connectivity index (χ0v) is 18.9. The molecule has 0 unspecified atom stereocenters. The largest absolute Gasteiger partial charge is 0.372 e. The minimum absolute atomic E-state index is 0.0619. The molecule has 2 aromatic carbocycles. The minimum atomic E-state index is -0.0619. The van der Waals surface area contributed by atoms with Crippen LogP contribution in [0, 0.1) is 5.92 Å². The van der Waals surface area contributed by atoms with E-state index in [1.165, 1.54) is 24.1 Å². The van der Waals surface area contributed by atoms with Crippen molar-refractivity contribution in [3.8, 4) is 0 Å². The van der Waals surface area contributed by atoms with Gasteiger partial charge in [-0.05, 0) is 60.6 Å². The average Bonchev–Trinajstić information content (AvgIpc) is 2.82. The first-order chi connectivity index (χ1) is 15.1. The summed E-state index contributed by atoms with van der Waals surface area (Å²) in [5, 5.41) is 9.39. The van der Waals surface area contributed by atoms with Gasteiger partial charge in [0, 0.05) is 51.5 Å². The van der Waals surface area contributed by atoms with Crippen molar-refractivity contribution < 1.29 is 4.79 Å². The Labute approximate surface area is 186 Å². The molecule has 6 heteroatoms. The Balaban J connectivity index is 1.44. The van der Waals surface area contributed by atoms with Gasteiger partial charge < -0.3 is 20.9 Å². The first-order valence-corrected chi connectivity index (χ1v) is 11.2. The molecule has 1 aliphatic heterocycles. The van der Waals surface area contributed by atoms with Crippen LogP contribution < -0.4 is 20.9 Å². The van der Waals surface area contributed by atoms with Crippen LogP contribution in [0.1, 0.15) is 41.3 Å². The summed E-state index contributed by atoms with van der Waals surface area (Å²) in [6, 6.07) is 16.5. The second kappa shape index (κ2) is 11.4. The summed E-state index contributed by atoms with van der Waals surface area (Å²) < 4.78 is 0. The van der Waals surface area contributed by atoms with Crippen LogP contribution in [0.3, 0.4) is 0 Å². The van der Waals surface area contributed by atoms with Crippen LogP contribution in [-0.2, 0) is 13.0 Å². The lowest BCUT2D eigenvalue weighted by molar-refractivity contribution is 0.0963. The minimum Gasteiger partial charge on any atom is -0.372 e. The number of hydrogen-bond acceptors (Lipinski definition) is 3. The molecule has 166 valence electrons. The van der Waals surface area contributed by atoms with Crippen molar-refractivity contribution in [2.45, 2.75) is 32.7 Å². The van der Waals surface area contributed by atoms with Crippen LogP contribution >= 0.6 is 0 Å². The molecule has 0 atom stereocenters. The standard InChI is InChI=1S/C25H35N5O/c1-19-12-15-30(16-13-19)23-9-7-21(8-10-23)18-29-25(27-3)28-14-11-20-5-4-6-22(17-20)24(31)26-2/h4-10,17,19H,11-16,18H2,1-3H3,(H,26,31)(H2,27,28,29). The number of carbonyl (C=O) groups excluding carboxylic acids is 1. The molecule has 6 nitrogen and oxygen atoms in total. The zero-order chi connectivity index (χ0) is 22.1. The lowest BCUT2D eigenvalue weighted by atomic mass is 9.99. The van der Waals surface area contributed by atoms with E-state index in [-0.39, 0.29) is 5.91 Å². The fourth-order valence-corrected chi connectivity index (χ4v) is 3.84. The smallest absolute Gasteiger partial charge is 0.251 e. The molecule has 0 aliphatic carbocycles. The zero-order valence-electron chi connectivity index (χ0n) is 18.9. The third-order valence-electron chi connectivity index (χ3n) is 5.89. The number of rotatable bonds is 7. The molecule has 0 saturated carbocycles. The first kappa shape index (κ1) is 22.7. The molecule has 0 aromatic heterocycles. The molecular formula is C25H35N5O. The van der Waals surface area contributed by atoms with Crippen molar-refractivity contribution in [1.29, 1.82) is 0 Å². The van der Waals surface area contributed by atoms with Gasteiger partial charge in [0.25, 0.3) is 5.91 Å². The van der Waals surface area contributed by atoms with Crippen LogP contribution in [0.15, 0.2) is 53.5 Å². The maximum Gasteiger partial charge on any atom is 0.251 e. The number of benzene rings is 2. The monoisotopic (exact) mass is 421 g/mol. The topological polar surface area (TPSA) is 68.8 Å². The first-order valence-electron chi connectivity index (χ1n) is 11.2. The van der Waals surface area contributed by atoms with Gasteiger partial charge in [-0.15, -0.1) is 0 Å². The van der Waals surface area contributed by atoms with Crippen LogP contribution in [0.5, 0.6) is 0 Å². The maximum absolute atomic E-state index is 11.8. The number of nitrogens with one attached hydrogen (secondary N) is 3. The second-order valence-electron chi connectivity index (χ2n) is 8.22. The van der Waals surface area contributed by atoms with E-state index in [0.717, 1.165) is 50.0 Å². The lowest BCUT2D eigenvalue weighted by Gasteiger charge is -2.32. The summed E-state index contributed by atoms with van der Waals surface area (Å²) in [5.74, 6) is 1.56. The van der Waals surface area contributed by atoms with Gasteiger partial charge in [-0.1, -0.05) is 31.2 Å². The molecule has 0 radical (unpaired) electrons. The molecule has 31 heavy (non-hydrogen) atoms. The van der Waals surface area contributed by atoms with E-state index in [4.69, 9.17) is 0 Å². The Bertz CT molecular complexity index is 870. The van der Waals surface area contributed by atoms with Crippen molar-refractivity contribution in [2.24, 2.45) is 10.9 Å². The third-order valence-corrected chi connectivity index (χ3v) is 5.89. The Morgan fingerprint density at radius 2 is 1.81 bits per heavy atom. The van der Waals surface area contributed by atoms with E-state index in [2.05, 4.69) is 57.0 Å². The van der Waals surface area contributed by atoms with Crippen molar-refractivity contribution >= 4 is 17.6 Å². The quantitative estimate of drug-likeness (QED) is 0.474. The summed E-state index contributed by atoms with van der Waals surface area (Å²) in [6.07, 6.45) is 3.37. The van der Waals surface area contributed by atoms with E-state index in [1.54, 1.807) is 14.1 Å². The fraction of sp³-hybridized carbons (Fsp3) is 0.440. The van der Waals surface area contributed by atoms with Gasteiger partial charge in [0.15, 0.2) is 5.96 Å². The normalized spacial score (nSPS) is 14.9. The highest BCUT2D eigenvalue weighted by Gasteiger charge is 2.15. The van der Waals surface area contributed by atoms with Gasteiger partial charge in [-0.2, -0.15) is 0 Å². The molecule has 1 saturated heterocycles. The molecule has 1 aliphatic rings. The third kappa shape index (κ3) is 6.74. The van der Waals surface area contributed by atoms with Gasteiger partial charge in [0.05, 0.1) is 0 Å². The van der Waals surface area contributed by atoms with E-state index in [9.17, 15) is 4.79 Å². The van der Waals surface area contributed by atoms with Crippen molar-refractivity contribution in [3.05, 3.63) is 65.2 Å². The molecule has 0 spiro atoms. The SMILES string of the molecule is CN=C(NCCc1cccc(C(=O)NC)c1)NCc1ccc(N2CCC(C)CC2)cc1. The number of amides is 1. The van der Waals surface area contributed by atoms with Crippen LogP contribution in [0.2, 0.25) is 0 Å². The van der Waals surface area contributed by atoms with Crippen molar-refractivity contribution in [2.75, 3.05) is 38.6 Å². The number of guanidine groups is 1.